The Kier molecular flexibility index (Phi) is 6.34. The average molecular weight is 173 g/mol. The van der Waals surface area contributed by atoms with Crippen molar-refractivity contribution in [3.05, 3.63) is 0 Å². The topological polar surface area (TPSA) is 9.72 Å². The molecule has 0 bridgehead atoms. The lowest BCUT2D eigenvalue weighted by Gasteiger charge is -2.35. The fourth-order valence-electron chi connectivity index (χ4n) is 1.17. The molecule has 3 nitrogen and oxygen atoms in total. The van der Waals surface area contributed by atoms with Gasteiger partial charge in [0.05, 0.1) is 0 Å². The summed E-state index contributed by atoms with van der Waals surface area (Å²) in [6.07, 6.45) is 2.41. The van der Waals surface area contributed by atoms with Gasteiger partial charge in [-0.25, -0.2) is 10.0 Å². The molecular formula is C9H23N3. The second kappa shape index (κ2) is 6.40. The zero-order valence-corrected chi connectivity index (χ0v) is 9.17. The smallest absolute Gasteiger partial charge is 0.0179 e. The van der Waals surface area contributed by atoms with E-state index in [1.54, 1.807) is 0 Å². The van der Waals surface area contributed by atoms with Gasteiger partial charge in [0.1, 0.15) is 0 Å². The van der Waals surface area contributed by atoms with Gasteiger partial charge in [0.2, 0.25) is 0 Å². The summed E-state index contributed by atoms with van der Waals surface area (Å²) in [5.41, 5.74) is 0. The monoisotopic (exact) mass is 173 g/mol. The van der Waals surface area contributed by atoms with Crippen molar-refractivity contribution >= 4 is 0 Å². The summed E-state index contributed by atoms with van der Waals surface area (Å²) in [5.74, 6) is 0. The molecule has 0 fully saturated rings. The van der Waals surface area contributed by atoms with Crippen LogP contribution in [0.25, 0.3) is 0 Å². The van der Waals surface area contributed by atoms with Crippen LogP contribution in [0.2, 0.25) is 0 Å². The summed E-state index contributed by atoms with van der Waals surface area (Å²) in [6, 6.07) is 0. The van der Waals surface area contributed by atoms with E-state index in [1.165, 1.54) is 12.8 Å². The van der Waals surface area contributed by atoms with Gasteiger partial charge < -0.3 is 0 Å². The highest BCUT2D eigenvalue weighted by Gasteiger charge is 2.09. The third-order valence-corrected chi connectivity index (χ3v) is 1.95. The molecule has 12 heavy (non-hydrogen) atoms. The fourth-order valence-corrected chi connectivity index (χ4v) is 1.17. The molecule has 0 heterocycles. The Labute approximate surface area is 76.9 Å². The molecule has 3 heteroatoms. The lowest BCUT2D eigenvalue weighted by Crippen LogP contribution is -2.48. The van der Waals surface area contributed by atoms with Gasteiger partial charge in [0.25, 0.3) is 0 Å². The maximum atomic E-state index is 2.36. The Hall–Kier alpha value is -0.120. The Morgan fingerprint density at radius 1 is 0.833 bits per heavy atom. The van der Waals surface area contributed by atoms with Crippen molar-refractivity contribution in [1.82, 2.24) is 15.1 Å². The second-order valence-electron chi connectivity index (χ2n) is 3.29. The molecule has 0 spiro atoms. The van der Waals surface area contributed by atoms with Gasteiger partial charge in [-0.05, 0) is 12.8 Å². The Morgan fingerprint density at radius 2 is 1.25 bits per heavy atom. The van der Waals surface area contributed by atoms with Crippen LogP contribution in [0.15, 0.2) is 0 Å². The molecule has 74 valence electrons. The van der Waals surface area contributed by atoms with E-state index in [4.69, 9.17) is 0 Å². The minimum Gasteiger partial charge on any atom is -0.234 e. The summed E-state index contributed by atoms with van der Waals surface area (Å²) in [7, 11) is 6.24. The highest BCUT2D eigenvalue weighted by atomic mass is 15.8. The molecule has 0 aliphatic carbocycles. The summed E-state index contributed by atoms with van der Waals surface area (Å²) in [5, 5.41) is 6.64. The summed E-state index contributed by atoms with van der Waals surface area (Å²) in [4.78, 5) is 0. The predicted molar refractivity (Wildman–Crippen MR) is 53.6 cm³/mol. The van der Waals surface area contributed by atoms with Gasteiger partial charge in [-0.15, -0.1) is 0 Å². The van der Waals surface area contributed by atoms with E-state index in [0.29, 0.717) is 0 Å². The first-order valence-corrected chi connectivity index (χ1v) is 4.79. The number of hydrogen-bond acceptors (Lipinski definition) is 3. The molecule has 0 atom stereocenters. The maximum absolute atomic E-state index is 2.36. The Balaban J connectivity index is 3.89. The molecule has 0 rings (SSSR count). The van der Waals surface area contributed by atoms with Crippen LogP contribution in [0.5, 0.6) is 0 Å². The van der Waals surface area contributed by atoms with Crippen LogP contribution < -0.4 is 0 Å². The van der Waals surface area contributed by atoms with Crippen molar-refractivity contribution in [2.45, 2.75) is 26.7 Å². The van der Waals surface area contributed by atoms with Gasteiger partial charge in [0, 0.05) is 34.2 Å². The van der Waals surface area contributed by atoms with Crippen LogP contribution in [0.3, 0.4) is 0 Å². The van der Waals surface area contributed by atoms with Crippen LogP contribution in [0.1, 0.15) is 26.7 Å². The standard InChI is InChI=1S/C9H23N3/c1-6-8-12(9-7-2)11(5)10(3)4/h6-9H2,1-5H3. The minimum atomic E-state index is 1.14. The number of nitrogens with zero attached hydrogens (tertiary/aromatic N) is 3. The number of hydrogen-bond donors (Lipinski definition) is 0. The van der Waals surface area contributed by atoms with E-state index in [1.807, 2.05) is 0 Å². The third-order valence-electron chi connectivity index (χ3n) is 1.95. The zero-order valence-electron chi connectivity index (χ0n) is 9.17. The van der Waals surface area contributed by atoms with Crippen LogP contribution >= 0.6 is 0 Å². The van der Waals surface area contributed by atoms with E-state index in [2.05, 4.69) is 50.1 Å². The van der Waals surface area contributed by atoms with Gasteiger partial charge >= 0.3 is 0 Å². The third kappa shape index (κ3) is 4.04. The predicted octanol–water partition coefficient (Wildman–Crippen LogP) is 1.43. The molecule has 0 N–H and O–H groups in total. The first kappa shape index (κ1) is 11.9. The van der Waals surface area contributed by atoms with Crippen molar-refractivity contribution in [3.8, 4) is 0 Å². The SMILES string of the molecule is CCCN(CCC)N(C)N(C)C. The molecule has 0 aliphatic rings. The Bertz CT molecular complexity index is 97.9. The van der Waals surface area contributed by atoms with E-state index in [9.17, 15) is 0 Å². The summed E-state index contributed by atoms with van der Waals surface area (Å²) < 4.78 is 0. The normalized spacial score (nSPS) is 12.0. The highest BCUT2D eigenvalue weighted by molar-refractivity contribution is 4.48. The molecule has 0 aromatic heterocycles. The molecule has 0 aromatic rings. The lowest BCUT2D eigenvalue weighted by molar-refractivity contribution is -0.140. The van der Waals surface area contributed by atoms with Crippen LogP contribution in [-0.4, -0.2) is 49.4 Å². The summed E-state index contributed by atoms with van der Waals surface area (Å²) in [6.45, 7) is 6.71. The van der Waals surface area contributed by atoms with Gasteiger partial charge in [-0.1, -0.05) is 13.8 Å². The van der Waals surface area contributed by atoms with Gasteiger partial charge in [-0.2, -0.15) is 5.12 Å². The van der Waals surface area contributed by atoms with Crippen molar-refractivity contribution in [2.75, 3.05) is 34.2 Å². The molecule has 0 unspecified atom stereocenters. The number of rotatable bonds is 6. The highest BCUT2D eigenvalue weighted by Crippen LogP contribution is 1.99. The maximum Gasteiger partial charge on any atom is 0.0179 e. The number of hydrazine groups is 2. The van der Waals surface area contributed by atoms with Crippen molar-refractivity contribution in [1.29, 1.82) is 0 Å². The first-order valence-electron chi connectivity index (χ1n) is 4.79. The molecule has 0 amide bonds. The zero-order chi connectivity index (χ0) is 9.56. The second-order valence-corrected chi connectivity index (χ2v) is 3.29. The van der Waals surface area contributed by atoms with E-state index in [-0.39, 0.29) is 0 Å². The van der Waals surface area contributed by atoms with Crippen LogP contribution in [0.4, 0.5) is 0 Å². The van der Waals surface area contributed by atoms with Gasteiger partial charge in [0.15, 0.2) is 0 Å². The fraction of sp³-hybridized carbons (Fsp3) is 1.00. The largest absolute Gasteiger partial charge is 0.234 e. The molecule has 0 radical (unpaired) electrons. The molecule has 0 saturated heterocycles. The lowest BCUT2D eigenvalue weighted by atomic mass is 10.4. The van der Waals surface area contributed by atoms with Crippen LogP contribution in [0, 0.1) is 0 Å². The van der Waals surface area contributed by atoms with E-state index >= 15 is 0 Å². The van der Waals surface area contributed by atoms with Gasteiger partial charge in [-0.3, -0.25) is 0 Å². The minimum absolute atomic E-state index is 1.14. The molecule has 0 aliphatic heterocycles. The molecular weight excluding hydrogens is 150 g/mol. The van der Waals surface area contributed by atoms with Crippen molar-refractivity contribution in [3.63, 3.8) is 0 Å². The first-order chi connectivity index (χ1) is 5.63. The van der Waals surface area contributed by atoms with Crippen molar-refractivity contribution in [2.24, 2.45) is 0 Å². The summed E-state index contributed by atoms with van der Waals surface area (Å²) >= 11 is 0. The Morgan fingerprint density at radius 3 is 1.50 bits per heavy atom. The quantitative estimate of drug-likeness (QED) is 0.563. The molecule has 0 aromatic carbocycles. The van der Waals surface area contributed by atoms with Crippen molar-refractivity contribution < 1.29 is 0 Å². The molecule has 0 saturated carbocycles. The average Bonchev–Trinajstić information content (AvgIpc) is 2.03. The van der Waals surface area contributed by atoms with E-state index < -0.39 is 0 Å². The van der Waals surface area contributed by atoms with E-state index in [0.717, 1.165) is 13.1 Å². The van der Waals surface area contributed by atoms with Crippen LogP contribution in [-0.2, 0) is 0 Å².